The molecule has 0 spiro atoms. The molecule has 0 N–H and O–H groups in total. The topological polar surface area (TPSA) is 0 Å². The SMILES string of the molecule is [CH2-]C.[CH3-].[CH3-].[V]. The molecule has 0 bridgehead atoms. The van der Waals surface area contributed by atoms with Crippen LogP contribution in [0, 0.1) is 21.8 Å². The van der Waals surface area contributed by atoms with Crippen molar-refractivity contribution in [3.63, 3.8) is 0 Å². The van der Waals surface area contributed by atoms with Crippen molar-refractivity contribution < 1.29 is 18.6 Å². The first kappa shape index (κ1) is 46.8. The van der Waals surface area contributed by atoms with Gasteiger partial charge in [-0.1, -0.05) is 0 Å². The van der Waals surface area contributed by atoms with Crippen LogP contribution in [-0.2, 0) is 18.6 Å². The average molecular weight is 110 g/mol. The smallest absolute Gasteiger partial charge is 0 e. The summed E-state index contributed by atoms with van der Waals surface area (Å²) < 4.78 is 0. The van der Waals surface area contributed by atoms with E-state index in [4.69, 9.17) is 0 Å². The summed E-state index contributed by atoms with van der Waals surface area (Å²) in [5.41, 5.74) is 0. The molecule has 1 heteroatoms. The maximum absolute atomic E-state index is 3.25. The van der Waals surface area contributed by atoms with Gasteiger partial charge in [-0.2, -0.15) is 6.92 Å². The third-order valence-electron chi connectivity index (χ3n) is 0. The maximum Gasteiger partial charge on any atom is 0 e. The molecule has 0 aromatic carbocycles. The largest absolute Gasteiger partial charge is 0.358 e. The van der Waals surface area contributed by atoms with Gasteiger partial charge >= 0.3 is 0 Å². The van der Waals surface area contributed by atoms with Gasteiger partial charge in [0.05, 0.1) is 0 Å². The van der Waals surface area contributed by atoms with Crippen LogP contribution in [0.3, 0.4) is 0 Å². The first-order valence-electron chi connectivity index (χ1n) is 0.707. The summed E-state index contributed by atoms with van der Waals surface area (Å²) in [5, 5.41) is 0. The molecule has 0 rings (SSSR count). The normalized spacial score (nSPS) is 1.20. The summed E-state index contributed by atoms with van der Waals surface area (Å²) in [7, 11) is 0. The predicted octanol–water partition coefficient (Wildman–Crippen LogP) is 1.74. The first-order valence-corrected chi connectivity index (χ1v) is 0.707. The second-order valence-corrected chi connectivity index (χ2v) is 0. The summed E-state index contributed by atoms with van der Waals surface area (Å²) in [6.07, 6.45) is 0. The molecule has 0 aliphatic rings. The van der Waals surface area contributed by atoms with Gasteiger partial charge in [0.1, 0.15) is 0 Å². The van der Waals surface area contributed by atoms with E-state index < -0.39 is 0 Å². The van der Waals surface area contributed by atoms with E-state index in [9.17, 15) is 0 Å². The molecular weight excluding hydrogens is 99.0 g/mol. The molecule has 5 heavy (non-hydrogen) atoms. The minimum Gasteiger partial charge on any atom is -0.358 e. The fraction of sp³-hybridized carbons (Fsp3) is 0.250. The van der Waals surface area contributed by atoms with Crippen molar-refractivity contribution in [2.45, 2.75) is 6.92 Å². The molecule has 0 aliphatic carbocycles. The van der Waals surface area contributed by atoms with Crippen LogP contribution in [0.25, 0.3) is 0 Å². The van der Waals surface area contributed by atoms with Gasteiger partial charge < -0.3 is 21.8 Å². The molecule has 0 aromatic rings. The van der Waals surface area contributed by atoms with Crippen molar-refractivity contribution >= 4 is 0 Å². The van der Waals surface area contributed by atoms with E-state index in [2.05, 4.69) is 6.92 Å². The first-order chi connectivity index (χ1) is 1.00. The molecule has 0 atom stereocenters. The Hall–Kier alpha value is 0.584. The van der Waals surface area contributed by atoms with Crippen LogP contribution >= 0.6 is 0 Å². The summed E-state index contributed by atoms with van der Waals surface area (Å²) in [6.45, 7) is 5.00. The van der Waals surface area contributed by atoms with Crippen molar-refractivity contribution in [2.75, 3.05) is 0 Å². The Labute approximate surface area is 47.9 Å². The molecule has 0 aliphatic heterocycles. The summed E-state index contributed by atoms with van der Waals surface area (Å²) in [4.78, 5) is 0. The van der Waals surface area contributed by atoms with Crippen molar-refractivity contribution in [3.8, 4) is 0 Å². The average Bonchev–Trinajstić information content (AvgIpc) is 1.00. The molecule has 35 valence electrons. The predicted molar refractivity (Wildman–Crippen MR) is 23.9 cm³/mol. The third kappa shape index (κ3) is 89.7. The quantitative estimate of drug-likeness (QED) is 0.416. The van der Waals surface area contributed by atoms with Gasteiger partial charge in [0.15, 0.2) is 0 Å². The van der Waals surface area contributed by atoms with Gasteiger partial charge in [0.2, 0.25) is 0 Å². The van der Waals surface area contributed by atoms with Gasteiger partial charge in [-0.25, -0.2) is 0 Å². The number of rotatable bonds is 0. The monoisotopic (exact) mass is 110 g/mol. The Balaban J connectivity index is -0.00000000167. The van der Waals surface area contributed by atoms with Crippen LogP contribution in [-0.4, -0.2) is 0 Å². The molecule has 1 radical (unpaired) electrons. The van der Waals surface area contributed by atoms with E-state index in [1.165, 1.54) is 0 Å². The van der Waals surface area contributed by atoms with Gasteiger partial charge in [-0.05, 0) is 0 Å². The van der Waals surface area contributed by atoms with Crippen molar-refractivity contribution in [1.29, 1.82) is 0 Å². The Morgan fingerprint density at radius 3 is 1.00 bits per heavy atom. The van der Waals surface area contributed by atoms with Crippen LogP contribution in [0.1, 0.15) is 6.92 Å². The standard InChI is InChI=1S/C2H5.2CH3.V/c1-2;;;/h1H2,2H3;2*1H3;/q3*-1;. The Morgan fingerprint density at radius 2 is 1.00 bits per heavy atom. The molecule has 0 nitrogen and oxygen atoms in total. The van der Waals surface area contributed by atoms with Gasteiger partial charge in [0.25, 0.3) is 0 Å². The number of hydrogen-bond donors (Lipinski definition) is 0. The zero-order valence-electron chi connectivity index (χ0n) is 4.15. The zero-order chi connectivity index (χ0) is 2.00. The Bertz CT molecular complexity index is 3.61. The zero-order valence-corrected chi connectivity index (χ0v) is 5.55. The van der Waals surface area contributed by atoms with Crippen LogP contribution in [0.4, 0.5) is 0 Å². The summed E-state index contributed by atoms with van der Waals surface area (Å²) >= 11 is 0. The Morgan fingerprint density at radius 1 is 1.00 bits per heavy atom. The molecular formula is C4H11V-3. The molecule has 0 unspecified atom stereocenters. The molecule has 0 fully saturated rings. The second-order valence-electron chi connectivity index (χ2n) is 0. The van der Waals surface area contributed by atoms with Crippen LogP contribution < -0.4 is 0 Å². The minimum absolute atomic E-state index is 0. The van der Waals surface area contributed by atoms with Crippen LogP contribution in [0.2, 0.25) is 0 Å². The third-order valence-corrected chi connectivity index (χ3v) is 0. The van der Waals surface area contributed by atoms with Gasteiger partial charge in [-0.15, -0.1) is 0 Å². The fourth-order valence-corrected chi connectivity index (χ4v) is 0. The summed E-state index contributed by atoms with van der Waals surface area (Å²) in [5.74, 6) is 0. The summed E-state index contributed by atoms with van der Waals surface area (Å²) in [6, 6.07) is 0. The molecule has 0 saturated carbocycles. The van der Waals surface area contributed by atoms with E-state index in [0.29, 0.717) is 0 Å². The fourth-order valence-electron chi connectivity index (χ4n) is 0. The van der Waals surface area contributed by atoms with Gasteiger partial charge in [-0.3, -0.25) is 0 Å². The van der Waals surface area contributed by atoms with Crippen molar-refractivity contribution in [1.82, 2.24) is 0 Å². The molecule has 0 amide bonds. The van der Waals surface area contributed by atoms with Crippen molar-refractivity contribution in [2.24, 2.45) is 0 Å². The maximum atomic E-state index is 3.25. The Kier molecular flexibility index (Phi) is 1610. The second kappa shape index (κ2) is 172. The molecule has 0 aromatic heterocycles. The van der Waals surface area contributed by atoms with E-state index >= 15 is 0 Å². The van der Waals surface area contributed by atoms with E-state index in [-0.39, 0.29) is 33.4 Å². The van der Waals surface area contributed by atoms with Crippen LogP contribution in [0.15, 0.2) is 0 Å². The van der Waals surface area contributed by atoms with E-state index in [1.807, 2.05) is 0 Å². The van der Waals surface area contributed by atoms with E-state index in [0.717, 1.165) is 0 Å². The molecule has 0 heterocycles. The van der Waals surface area contributed by atoms with Gasteiger partial charge in [0, 0.05) is 18.6 Å². The molecule has 0 saturated heterocycles. The van der Waals surface area contributed by atoms with Crippen LogP contribution in [0.5, 0.6) is 0 Å². The van der Waals surface area contributed by atoms with E-state index in [1.54, 1.807) is 6.92 Å². The minimum atomic E-state index is 0. The van der Waals surface area contributed by atoms with Crippen molar-refractivity contribution in [3.05, 3.63) is 21.8 Å². The number of hydrogen-bond acceptors (Lipinski definition) is 0.